The number of aromatic nitrogens is 2. The van der Waals surface area contributed by atoms with Gasteiger partial charge in [-0.15, -0.1) is 0 Å². The maximum atomic E-state index is 12.8. The van der Waals surface area contributed by atoms with E-state index in [2.05, 4.69) is 23.8 Å². The van der Waals surface area contributed by atoms with E-state index >= 15 is 0 Å². The van der Waals surface area contributed by atoms with Gasteiger partial charge in [0.2, 0.25) is 5.91 Å². The van der Waals surface area contributed by atoms with Crippen LogP contribution in [0.1, 0.15) is 19.4 Å². The SMILES string of the molecule is COc1ccc(N2C(=O)CN(Cc3cnn(C)c3)CC2(C)C)cc1. The van der Waals surface area contributed by atoms with Crippen LogP contribution in [0.4, 0.5) is 5.69 Å². The Balaban J connectivity index is 1.77. The molecule has 1 aromatic heterocycles. The molecule has 2 heterocycles. The number of ether oxygens (including phenoxy) is 1. The first-order valence-corrected chi connectivity index (χ1v) is 8.06. The molecule has 0 aliphatic carbocycles. The molecule has 0 bridgehead atoms. The molecule has 1 fully saturated rings. The van der Waals surface area contributed by atoms with Crippen molar-refractivity contribution in [1.29, 1.82) is 0 Å². The minimum absolute atomic E-state index is 0.111. The Hall–Kier alpha value is -2.34. The summed E-state index contributed by atoms with van der Waals surface area (Å²) < 4.78 is 6.99. The van der Waals surface area contributed by atoms with Crippen molar-refractivity contribution in [2.75, 3.05) is 25.1 Å². The number of methoxy groups -OCH3 is 1. The summed E-state index contributed by atoms with van der Waals surface area (Å²) in [6, 6.07) is 7.66. The van der Waals surface area contributed by atoms with Gasteiger partial charge in [0.25, 0.3) is 0 Å². The van der Waals surface area contributed by atoms with Crippen LogP contribution in [0, 0.1) is 0 Å². The summed E-state index contributed by atoms with van der Waals surface area (Å²) in [6.07, 6.45) is 3.85. The predicted molar refractivity (Wildman–Crippen MR) is 93.0 cm³/mol. The fourth-order valence-electron chi connectivity index (χ4n) is 3.42. The number of aryl methyl sites for hydroxylation is 1. The minimum atomic E-state index is -0.286. The number of piperazine rings is 1. The molecule has 0 N–H and O–H groups in total. The van der Waals surface area contributed by atoms with Crippen molar-refractivity contribution in [2.24, 2.45) is 7.05 Å². The van der Waals surface area contributed by atoms with E-state index < -0.39 is 0 Å². The molecule has 2 aromatic rings. The Morgan fingerprint density at radius 1 is 1.25 bits per heavy atom. The van der Waals surface area contributed by atoms with Gasteiger partial charge in [0.15, 0.2) is 0 Å². The summed E-state index contributed by atoms with van der Waals surface area (Å²) >= 11 is 0. The summed E-state index contributed by atoms with van der Waals surface area (Å²) in [5.41, 5.74) is 1.75. The summed E-state index contributed by atoms with van der Waals surface area (Å²) in [5, 5.41) is 4.20. The summed E-state index contributed by atoms with van der Waals surface area (Å²) in [4.78, 5) is 16.9. The highest BCUT2D eigenvalue weighted by Gasteiger charge is 2.39. The van der Waals surface area contributed by atoms with Gasteiger partial charge < -0.3 is 9.64 Å². The molecule has 1 amide bonds. The van der Waals surface area contributed by atoms with Crippen LogP contribution in [0.15, 0.2) is 36.7 Å². The summed E-state index contributed by atoms with van der Waals surface area (Å²) in [5.74, 6) is 0.902. The Bertz CT molecular complexity index is 721. The van der Waals surface area contributed by atoms with Gasteiger partial charge >= 0.3 is 0 Å². The van der Waals surface area contributed by atoms with Crippen LogP contribution in [0.5, 0.6) is 5.75 Å². The van der Waals surface area contributed by atoms with E-state index in [9.17, 15) is 4.79 Å². The molecule has 0 saturated carbocycles. The molecule has 3 rings (SSSR count). The van der Waals surface area contributed by atoms with Crippen LogP contribution in [0.25, 0.3) is 0 Å². The first-order valence-electron chi connectivity index (χ1n) is 8.06. The monoisotopic (exact) mass is 328 g/mol. The highest BCUT2D eigenvalue weighted by atomic mass is 16.5. The van der Waals surface area contributed by atoms with E-state index in [0.717, 1.165) is 30.1 Å². The summed E-state index contributed by atoms with van der Waals surface area (Å²) in [6.45, 7) is 6.15. The van der Waals surface area contributed by atoms with Crippen molar-refractivity contribution in [3.05, 3.63) is 42.2 Å². The molecule has 0 spiro atoms. The quantitative estimate of drug-likeness (QED) is 0.862. The number of rotatable bonds is 4. The molecule has 0 atom stereocenters. The second-order valence-corrected chi connectivity index (χ2v) is 6.91. The van der Waals surface area contributed by atoms with Crippen molar-refractivity contribution >= 4 is 11.6 Å². The zero-order chi connectivity index (χ0) is 17.3. The predicted octanol–water partition coefficient (Wildman–Crippen LogP) is 2.06. The van der Waals surface area contributed by atoms with Gasteiger partial charge in [-0.1, -0.05) is 0 Å². The number of carbonyl (C=O) groups excluding carboxylic acids is 1. The normalized spacial score (nSPS) is 18.0. The van der Waals surface area contributed by atoms with E-state index in [-0.39, 0.29) is 11.4 Å². The van der Waals surface area contributed by atoms with Gasteiger partial charge in [-0.3, -0.25) is 14.4 Å². The van der Waals surface area contributed by atoms with E-state index in [1.54, 1.807) is 11.8 Å². The zero-order valence-electron chi connectivity index (χ0n) is 14.7. The van der Waals surface area contributed by atoms with Crippen LogP contribution < -0.4 is 9.64 Å². The smallest absolute Gasteiger partial charge is 0.241 e. The molecule has 0 radical (unpaired) electrons. The highest BCUT2D eigenvalue weighted by molar-refractivity contribution is 5.97. The minimum Gasteiger partial charge on any atom is -0.497 e. The number of anilines is 1. The van der Waals surface area contributed by atoms with Gasteiger partial charge in [0, 0.05) is 37.6 Å². The third kappa shape index (κ3) is 3.28. The fraction of sp³-hybridized carbons (Fsp3) is 0.444. The number of benzene rings is 1. The van der Waals surface area contributed by atoms with Gasteiger partial charge in [0.05, 0.1) is 25.4 Å². The van der Waals surface area contributed by atoms with Crippen LogP contribution >= 0.6 is 0 Å². The molecular formula is C18H24N4O2. The van der Waals surface area contributed by atoms with Crippen LogP contribution in [0.2, 0.25) is 0 Å². The molecule has 1 aromatic carbocycles. The standard InChI is InChI=1S/C18H24N4O2/c1-18(2)13-21(11-14-9-19-20(3)10-14)12-17(23)22(18)15-5-7-16(24-4)8-6-15/h5-10H,11-13H2,1-4H3. The maximum Gasteiger partial charge on any atom is 0.241 e. The van der Waals surface area contributed by atoms with Crippen molar-refractivity contribution < 1.29 is 9.53 Å². The van der Waals surface area contributed by atoms with Crippen LogP contribution in [0.3, 0.4) is 0 Å². The molecule has 1 aliphatic rings. The lowest BCUT2D eigenvalue weighted by atomic mass is 9.97. The van der Waals surface area contributed by atoms with E-state index in [0.29, 0.717) is 6.54 Å². The van der Waals surface area contributed by atoms with Crippen molar-refractivity contribution in [2.45, 2.75) is 25.9 Å². The third-order valence-corrected chi connectivity index (χ3v) is 4.32. The number of amides is 1. The Morgan fingerprint density at radius 2 is 1.96 bits per heavy atom. The van der Waals surface area contributed by atoms with E-state index in [1.165, 1.54) is 0 Å². The lowest BCUT2D eigenvalue weighted by Gasteiger charge is -2.46. The first kappa shape index (κ1) is 16.5. The molecule has 1 saturated heterocycles. The van der Waals surface area contributed by atoms with Crippen molar-refractivity contribution in [1.82, 2.24) is 14.7 Å². The number of carbonyl (C=O) groups is 1. The highest BCUT2D eigenvalue weighted by Crippen LogP contribution is 2.30. The number of nitrogens with zero attached hydrogens (tertiary/aromatic N) is 4. The Labute approximate surface area is 142 Å². The molecular weight excluding hydrogens is 304 g/mol. The molecule has 6 nitrogen and oxygen atoms in total. The average molecular weight is 328 g/mol. The average Bonchev–Trinajstić information content (AvgIpc) is 2.91. The van der Waals surface area contributed by atoms with Gasteiger partial charge in [-0.25, -0.2) is 0 Å². The lowest BCUT2D eigenvalue weighted by molar-refractivity contribution is -0.123. The molecule has 24 heavy (non-hydrogen) atoms. The van der Waals surface area contributed by atoms with Crippen molar-refractivity contribution in [3.63, 3.8) is 0 Å². The molecule has 128 valence electrons. The molecule has 1 aliphatic heterocycles. The maximum absolute atomic E-state index is 12.8. The Kier molecular flexibility index (Phi) is 4.32. The largest absolute Gasteiger partial charge is 0.497 e. The third-order valence-electron chi connectivity index (χ3n) is 4.32. The number of hydrogen-bond donors (Lipinski definition) is 0. The van der Waals surface area contributed by atoms with Crippen molar-refractivity contribution in [3.8, 4) is 5.75 Å². The van der Waals surface area contributed by atoms with Gasteiger partial charge in [0.1, 0.15) is 5.75 Å². The topological polar surface area (TPSA) is 50.6 Å². The van der Waals surface area contributed by atoms with Gasteiger partial charge in [-0.05, 0) is 38.1 Å². The van der Waals surface area contributed by atoms with E-state index in [4.69, 9.17) is 4.74 Å². The number of hydrogen-bond acceptors (Lipinski definition) is 4. The van der Waals surface area contributed by atoms with Crippen LogP contribution in [-0.4, -0.2) is 46.3 Å². The van der Waals surface area contributed by atoms with E-state index in [1.807, 2.05) is 48.6 Å². The molecule has 6 heteroatoms. The molecule has 0 unspecified atom stereocenters. The van der Waals surface area contributed by atoms with Gasteiger partial charge in [-0.2, -0.15) is 5.10 Å². The second kappa shape index (κ2) is 6.28. The van der Waals surface area contributed by atoms with Crippen LogP contribution in [-0.2, 0) is 18.4 Å². The lowest BCUT2D eigenvalue weighted by Crippen LogP contribution is -2.62. The fourth-order valence-corrected chi connectivity index (χ4v) is 3.42. The second-order valence-electron chi connectivity index (χ2n) is 6.91. The zero-order valence-corrected chi connectivity index (χ0v) is 14.7. The summed E-state index contributed by atoms with van der Waals surface area (Å²) in [7, 11) is 3.54. The first-order chi connectivity index (χ1) is 11.4. The Morgan fingerprint density at radius 3 is 2.50 bits per heavy atom.